The van der Waals surface area contributed by atoms with Crippen molar-refractivity contribution in [1.82, 2.24) is 4.98 Å². The molecular formula is C14H18N2O2. The largest absolute Gasteiger partial charge is 0.391 e. The fraction of sp³-hybridized carbons (Fsp3) is 0.357. The van der Waals surface area contributed by atoms with Crippen molar-refractivity contribution in [3.05, 3.63) is 40.7 Å². The lowest BCUT2D eigenvalue weighted by atomic mass is 9.99. The topological polar surface area (TPSA) is 65.1 Å². The van der Waals surface area contributed by atoms with Crippen LogP contribution in [0, 0.1) is 0 Å². The lowest BCUT2D eigenvalue weighted by Gasteiger charge is -2.30. The molecule has 2 aromatic rings. The van der Waals surface area contributed by atoms with E-state index in [4.69, 9.17) is 0 Å². The Balaban J connectivity index is 2.45. The minimum Gasteiger partial charge on any atom is -0.391 e. The third-order valence-corrected chi connectivity index (χ3v) is 3.25. The van der Waals surface area contributed by atoms with Crippen LogP contribution in [0.3, 0.4) is 0 Å². The van der Waals surface area contributed by atoms with E-state index in [0.29, 0.717) is 11.2 Å². The Labute approximate surface area is 106 Å². The molecule has 1 atom stereocenters. The van der Waals surface area contributed by atoms with Crippen LogP contribution in [0.2, 0.25) is 0 Å². The Hall–Kier alpha value is -1.81. The van der Waals surface area contributed by atoms with Gasteiger partial charge in [-0.15, -0.1) is 0 Å². The number of benzene rings is 1. The molecule has 1 aromatic carbocycles. The lowest BCUT2D eigenvalue weighted by molar-refractivity contribution is 0.133. The van der Waals surface area contributed by atoms with E-state index in [9.17, 15) is 9.90 Å². The Kier molecular flexibility index (Phi) is 3.13. The van der Waals surface area contributed by atoms with Crippen molar-refractivity contribution in [3.8, 4) is 0 Å². The Morgan fingerprint density at radius 3 is 2.67 bits per heavy atom. The van der Waals surface area contributed by atoms with Gasteiger partial charge in [0.05, 0.1) is 11.6 Å². The van der Waals surface area contributed by atoms with Crippen molar-refractivity contribution >= 4 is 16.6 Å². The van der Waals surface area contributed by atoms with Gasteiger partial charge in [0.15, 0.2) is 0 Å². The third-order valence-electron chi connectivity index (χ3n) is 3.25. The van der Waals surface area contributed by atoms with Crippen LogP contribution in [0.25, 0.3) is 10.8 Å². The van der Waals surface area contributed by atoms with E-state index in [1.54, 1.807) is 13.0 Å². The second kappa shape index (κ2) is 4.46. The summed E-state index contributed by atoms with van der Waals surface area (Å²) >= 11 is 0. The number of aliphatic hydroxyl groups excluding tert-OH is 1. The van der Waals surface area contributed by atoms with Crippen LogP contribution >= 0.6 is 0 Å². The van der Waals surface area contributed by atoms with E-state index in [2.05, 4.69) is 10.3 Å². The third kappa shape index (κ3) is 2.38. The van der Waals surface area contributed by atoms with E-state index in [0.717, 1.165) is 5.39 Å². The van der Waals surface area contributed by atoms with E-state index in [-0.39, 0.29) is 5.56 Å². The molecule has 18 heavy (non-hydrogen) atoms. The molecule has 0 aliphatic heterocycles. The van der Waals surface area contributed by atoms with Crippen molar-refractivity contribution in [3.63, 3.8) is 0 Å². The number of fused-ring (bicyclic) bond motifs is 1. The van der Waals surface area contributed by atoms with Gasteiger partial charge in [-0.05, 0) is 38.3 Å². The minimum atomic E-state index is -0.535. The van der Waals surface area contributed by atoms with Crippen LogP contribution in [-0.4, -0.2) is 21.7 Å². The molecule has 96 valence electrons. The van der Waals surface area contributed by atoms with Crippen molar-refractivity contribution in [2.45, 2.75) is 32.4 Å². The number of anilines is 1. The normalized spacial score (nSPS) is 13.6. The van der Waals surface area contributed by atoms with Gasteiger partial charge in [0.25, 0.3) is 5.56 Å². The zero-order valence-electron chi connectivity index (χ0n) is 10.8. The van der Waals surface area contributed by atoms with Gasteiger partial charge in [0.2, 0.25) is 0 Å². The first-order valence-electron chi connectivity index (χ1n) is 5.98. The Morgan fingerprint density at radius 1 is 1.33 bits per heavy atom. The number of nitrogens with one attached hydrogen (secondary N) is 2. The smallest absolute Gasteiger partial charge is 0.257 e. The maximum atomic E-state index is 11.9. The molecular weight excluding hydrogens is 228 g/mol. The first-order chi connectivity index (χ1) is 8.40. The monoisotopic (exact) mass is 246 g/mol. The van der Waals surface area contributed by atoms with E-state index in [1.807, 2.05) is 38.1 Å². The van der Waals surface area contributed by atoms with E-state index < -0.39 is 11.6 Å². The van der Waals surface area contributed by atoms with Crippen molar-refractivity contribution in [1.29, 1.82) is 0 Å². The average molecular weight is 246 g/mol. The highest BCUT2D eigenvalue weighted by Crippen LogP contribution is 2.18. The van der Waals surface area contributed by atoms with Gasteiger partial charge >= 0.3 is 0 Å². The molecule has 0 saturated heterocycles. The highest BCUT2D eigenvalue weighted by atomic mass is 16.3. The molecule has 0 spiro atoms. The maximum Gasteiger partial charge on any atom is 0.257 e. The molecule has 0 aliphatic rings. The summed E-state index contributed by atoms with van der Waals surface area (Å²) in [7, 11) is 0. The van der Waals surface area contributed by atoms with Crippen LogP contribution in [0.4, 0.5) is 5.82 Å². The maximum absolute atomic E-state index is 11.9. The second-order valence-electron chi connectivity index (χ2n) is 5.12. The summed E-state index contributed by atoms with van der Waals surface area (Å²) in [5.74, 6) is 0.615. The lowest BCUT2D eigenvalue weighted by Crippen LogP contribution is -2.42. The number of rotatable bonds is 3. The van der Waals surface area contributed by atoms with Crippen LogP contribution in [-0.2, 0) is 0 Å². The summed E-state index contributed by atoms with van der Waals surface area (Å²) in [6.45, 7) is 5.47. The second-order valence-corrected chi connectivity index (χ2v) is 5.12. The molecule has 3 N–H and O–H groups in total. The summed E-state index contributed by atoms with van der Waals surface area (Å²) in [5.41, 5.74) is -0.636. The molecule has 0 bridgehead atoms. The number of H-pyrrole nitrogens is 1. The number of pyridine rings is 1. The molecule has 0 aliphatic carbocycles. The number of hydrogen-bond donors (Lipinski definition) is 3. The number of aromatic amines is 1. The van der Waals surface area contributed by atoms with Gasteiger partial charge in [-0.1, -0.05) is 18.2 Å². The highest BCUT2D eigenvalue weighted by Gasteiger charge is 2.24. The van der Waals surface area contributed by atoms with Crippen molar-refractivity contribution in [2.75, 3.05) is 5.32 Å². The summed E-state index contributed by atoms with van der Waals surface area (Å²) in [6.07, 6.45) is -0.535. The first kappa shape index (κ1) is 12.6. The number of hydrogen-bond acceptors (Lipinski definition) is 3. The Morgan fingerprint density at radius 2 is 2.00 bits per heavy atom. The van der Waals surface area contributed by atoms with Gasteiger partial charge < -0.3 is 15.4 Å². The number of aromatic nitrogens is 1. The Bertz CT molecular complexity index is 614. The summed E-state index contributed by atoms with van der Waals surface area (Å²) < 4.78 is 0. The molecule has 4 heteroatoms. The number of aliphatic hydroxyl groups is 1. The van der Waals surface area contributed by atoms with Crippen molar-refractivity contribution < 1.29 is 5.11 Å². The van der Waals surface area contributed by atoms with Crippen LogP contribution in [0.15, 0.2) is 35.1 Å². The van der Waals surface area contributed by atoms with Crippen LogP contribution in [0.5, 0.6) is 0 Å². The predicted octanol–water partition coefficient (Wildman–Crippen LogP) is 2.10. The quantitative estimate of drug-likeness (QED) is 0.777. The summed E-state index contributed by atoms with van der Waals surface area (Å²) in [6, 6.07) is 9.29. The SMILES string of the molecule is CC(O)C(C)(C)Nc1cc2ccccc2c(=O)[nH]1. The van der Waals surface area contributed by atoms with Crippen LogP contribution < -0.4 is 10.9 Å². The first-order valence-corrected chi connectivity index (χ1v) is 5.98. The molecule has 0 radical (unpaired) electrons. The highest BCUT2D eigenvalue weighted by molar-refractivity contribution is 5.83. The fourth-order valence-electron chi connectivity index (χ4n) is 1.73. The van der Waals surface area contributed by atoms with Gasteiger partial charge in [0, 0.05) is 5.39 Å². The molecule has 1 unspecified atom stereocenters. The molecule has 2 rings (SSSR count). The van der Waals surface area contributed by atoms with Gasteiger partial charge in [-0.2, -0.15) is 0 Å². The molecule has 4 nitrogen and oxygen atoms in total. The van der Waals surface area contributed by atoms with Gasteiger partial charge in [-0.25, -0.2) is 0 Å². The van der Waals surface area contributed by atoms with Crippen LogP contribution in [0.1, 0.15) is 20.8 Å². The zero-order chi connectivity index (χ0) is 13.3. The fourth-order valence-corrected chi connectivity index (χ4v) is 1.73. The van der Waals surface area contributed by atoms with E-state index in [1.165, 1.54) is 0 Å². The van der Waals surface area contributed by atoms with Gasteiger partial charge in [0.1, 0.15) is 5.82 Å². The van der Waals surface area contributed by atoms with Crippen molar-refractivity contribution in [2.24, 2.45) is 0 Å². The standard InChI is InChI=1S/C14H18N2O2/c1-9(17)14(2,3)16-12-8-10-6-4-5-7-11(10)13(18)15-12/h4-9,17H,1-3H3,(H2,15,16,18). The summed E-state index contributed by atoms with van der Waals surface area (Å²) in [4.78, 5) is 14.7. The molecule has 0 amide bonds. The summed E-state index contributed by atoms with van der Waals surface area (Å²) in [5, 5.41) is 14.4. The molecule has 1 heterocycles. The average Bonchev–Trinajstić information content (AvgIpc) is 2.28. The van der Waals surface area contributed by atoms with Gasteiger partial charge in [-0.3, -0.25) is 4.79 Å². The van der Waals surface area contributed by atoms with E-state index >= 15 is 0 Å². The molecule has 0 saturated carbocycles. The predicted molar refractivity (Wildman–Crippen MR) is 74.0 cm³/mol. The molecule has 1 aromatic heterocycles. The zero-order valence-corrected chi connectivity index (χ0v) is 10.8. The molecule has 0 fully saturated rings. The minimum absolute atomic E-state index is 0.128.